The summed E-state index contributed by atoms with van der Waals surface area (Å²) >= 11 is 1.50. The molecule has 0 spiro atoms. The SMILES string of the molecule is Cc1nc(C(=O)N2C[C@@H]3COC[C@H](C2)N(CCOc2ccc(F)cc2)C3)cs1.O=CO. The first-order valence-electron chi connectivity index (χ1n) is 9.99. The van der Waals surface area contributed by atoms with Gasteiger partial charge in [-0.25, -0.2) is 9.37 Å². The molecular formula is C21H26FN3O5S. The number of hydrogen-bond acceptors (Lipinski definition) is 7. The van der Waals surface area contributed by atoms with Crippen molar-refractivity contribution in [1.82, 2.24) is 14.8 Å². The Morgan fingerprint density at radius 3 is 2.74 bits per heavy atom. The van der Waals surface area contributed by atoms with Crippen LogP contribution in [0.1, 0.15) is 15.5 Å². The third-order valence-corrected chi connectivity index (χ3v) is 5.94. The molecule has 2 bridgehead atoms. The molecule has 1 amide bonds. The fraction of sp³-hybridized carbons (Fsp3) is 0.476. The molecule has 2 fully saturated rings. The molecule has 0 aliphatic carbocycles. The molecule has 2 aromatic rings. The molecule has 2 atom stereocenters. The molecule has 0 radical (unpaired) electrons. The molecule has 4 rings (SSSR count). The van der Waals surface area contributed by atoms with Crippen molar-refractivity contribution in [2.75, 3.05) is 46.0 Å². The van der Waals surface area contributed by atoms with E-state index in [0.717, 1.165) is 18.1 Å². The standard InChI is InChI=1S/C20H24FN3O3S.CH2O2/c1-14-22-19(13-28-14)20(25)24-9-15-8-23(17(10-24)12-26-11-15)6-7-27-18-4-2-16(21)3-5-18;2-1-3/h2-5,13,15,17H,6-12H2,1H3;1H,(H,2,3)/t15-,17+;/m1./s1. The number of thiazole rings is 1. The quantitative estimate of drug-likeness (QED) is 0.697. The van der Waals surface area contributed by atoms with Gasteiger partial charge in [0.15, 0.2) is 0 Å². The van der Waals surface area contributed by atoms with Crippen LogP contribution in [0.2, 0.25) is 0 Å². The molecule has 10 heteroatoms. The normalized spacial score (nSPS) is 20.9. The maximum Gasteiger partial charge on any atom is 0.290 e. The van der Waals surface area contributed by atoms with E-state index in [9.17, 15) is 9.18 Å². The van der Waals surface area contributed by atoms with E-state index in [2.05, 4.69) is 9.88 Å². The zero-order valence-electron chi connectivity index (χ0n) is 17.3. The van der Waals surface area contributed by atoms with Crippen LogP contribution < -0.4 is 4.74 Å². The Kier molecular flexibility index (Phi) is 8.33. The average Bonchev–Trinajstić information content (AvgIpc) is 2.98. The summed E-state index contributed by atoms with van der Waals surface area (Å²) in [6.45, 7) is 6.35. The monoisotopic (exact) mass is 451 g/mol. The molecule has 0 unspecified atom stereocenters. The van der Waals surface area contributed by atoms with Crippen molar-refractivity contribution in [3.63, 3.8) is 0 Å². The van der Waals surface area contributed by atoms with Gasteiger partial charge in [0.25, 0.3) is 12.4 Å². The summed E-state index contributed by atoms with van der Waals surface area (Å²) in [6, 6.07) is 6.19. The highest BCUT2D eigenvalue weighted by Crippen LogP contribution is 2.22. The van der Waals surface area contributed by atoms with Crippen LogP contribution in [0.4, 0.5) is 4.39 Å². The number of benzene rings is 1. The van der Waals surface area contributed by atoms with Gasteiger partial charge in [-0.2, -0.15) is 0 Å². The van der Waals surface area contributed by atoms with Crippen molar-refractivity contribution >= 4 is 23.7 Å². The second-order valence-corrected chi connectivity index (χ2v) is 8.48. The number of carbonyl (C=O) groups is 2. The summed E-state index contributed by atoms with van der Waals surface area (Å²) in [5.41, 5.74) is 0.537. The zero-order valence-corrected chi connectivity index (χ0v) is 18.1. The highest BCUT2D eigenvalue weighted by Gasteiger charge is 2.35. The van der Waals surface area contributed by atoms with Crippen LogP contribution in [0.5, 0.6) is 5.75 Å². The number of nitrogens with zero attached hydrogens (tertiary/aromatic N) is 3. The van der Waals surface area contributed by atoms with Crippen LogP contribution >= 0.6 is 11.3 Å². The van der Waals surface area contributed by atoms with Gasteiger partial charge in [-0.1, -0.05) is 0 Å². The van der Waals surface area contributed by atoms with Gasteiger partial charge in [-0.15, -0.1) is 11.3 Å². The van der Waals surface area contributed by atoms with Gasteiger partial charge >= 0.3 is 0 Å². The predicted octanol–water partition coefficient (Wildman–Crippen LogP) is 2.14. The van der Waals surface area contributed by atoms with Gasteiger partial charge in [0.2, 0.25) is 0 Å². The van der Waals surface area contributed by atoms with E-state index in [4.69, 9.17) is 19.4 Å². The van der Waals surface area contributed by atoms with Gasteiger partial charge < -0.3 is 19.5 Å². The summed E-state index contributed by atoms with van der Waals surface area (Å²) in [4.78, 5) is 29.9. The van der Waals surface area contributed by atoms with Crippen molar-refractivity contribution in [3.8, 4) is 5.75 Å². The fourth-order valence-corrected chi connectivity index (χ4v) is 4.39. The molecule has 2 aliphatic rings. The lowest BCUT2D eigenvalue weighted by Gasteiger charge is -2.31. The first-order valence-corrected chi connectivity index (χ1v) is 10.9. The van der Waals surface area contributed by atoms with Crippen molar-refractivity contribution in [2.45, 2.75) is 13.0 Å². The molecule has 168 valence electrons. The van der Waals surface area contributed by atoms with Crippen LogP contribution in [-0.4, -0.2) is 84.3 Å². The predicted molar refractivity (Wildman–Crippen MR) is 113 cm³/mol. The van der Waals surface area contributed by atoms with E-state index in [1.807, 2.05) is 17.2 Å². The molecule has 8 nitrogen and oxygen atoms in total. The summed E-state index contributed by atoms with van der Waals surface area (Å²) in [6.07, 6.45) is 0. The first-order chi connectivity index (χ1) is 15.0. The Hall–Kier alpha value is -2.56. The minimum Gasteiger partial charge on any atom is -0.492 e. The third kappa shape index (κ3) is 6.46. The second-order valence-electron chi connectivity index (χ2n) is 7.42. The summed E-state index contributed by atoms with van der Waals surface area (Å²) in [7, 11) is 0. The highest BCUT2D eigenvalue weighted by atomic mass is 32.1. The molecule has 3 heterocycles. The largest absolute Gasteiger partial charge is 0.492 e. The minimum absolute atomic E-state index is 0.00524. The molecular weight excluding hydrogens is 425 g/mol. The first kappa shape index (κ1) is 23.1. The zero-order chi connectivity index (χ0) is 22.2. The number of halogens is 1. The van der Waals surface area contributed by atoms with E-state index in [0.29, 0.717) is 44.4 Å². The lowest BCUT2D eigenvalue weighted by Crippen LogP contribution is -2.46. The number of aromatic nitrogens is 1. The Labute approximate surface area is 184 Å². The number of hydrogen-bond donors (Lipinski definition) is 1. The van der Waals surface area contributed by atoms with Crippen molar-refractivity contribution in [3.05, 3.63) is 46.2 Å². The van der Waals surface area contributed by atoms with Crippen molar-refractivity contribution < 1.29 is 28.6 Å². The van der Waals surface area contributed by atoms with Gasteiger partial charge in [0, 0.05) is 37.5 Å². The number of rotatable bonds is 5. The van der Waals surface area contributed by atoms with Crippen molar-refractivity contribution in [2.24, 2.45) is 5.92 Å². The topological polar surface area (TPSA) is 92.2 Å². The molecule has 1 N–H and O–H groups in total. The number of carbonyl (C=O) groups excluding carboxylic acids is 1. The van der Waals surface area contributed by atoms with Crippen molar-refractivity contribution in [1.29, 1.82) is 0 Å². The van der Waals surface area contributed by atoms with Crippen LogP contribution in [-0.2, 0) is 9.53 Å². The van der Waals surface area contributed by atoms with E-state index in [1.165, 1.54) is 23.5 Å². The number of aryl methyl sites for hydroxylation is 1. The average molecular weight is 452 g/mol. The molecule has 31 heavy (non-hydrogen) atoms. The number of fused-ring (bicyclic) bond motifs is 3. The molecule has 0 saturated carbocycles. The smallest absolute Gasteiger partial charge is 0.290 e. The minimum atomic E-state index is -0.272. The number of ether oxygens (including phenoxy) is 2. The highest BCUT2D eigenvalue weighted by molar-refractivity contribution is 7.09. The van der Waals surface area contributed by atoms with E-state index >= 15 is 0 Å². The molecule has 1 aromatic carbocycles. The van der Waals surface area contributed by atoms with E-state index in [1.54, 1.807) is 12.1 Å². The van der Waals surface area contributed by atoms with E-state index in [-0.39, 0.29) is 30.2 Å². The number of carboxylic acid groups (broad SMARTS) is 1. The van der Waals surface area contributed by atoms with Crippen LogP contribution in [0.3, 0.4) is 0 Å². The maximum atomic E-state index is 13.0. The van der Waals surface area contributed by atoms with Gasteiger partial charge in [0.05, 0.1) is 24.3 Å². The second kappa shape index (κ2) is 11.2. The van der Waals surface area contributed by atoms with Crippen LogP contribution in [0.25, 0.3) is 0 Å². The lowest BCUT2D eigenvalue weighted by atomic mass is 10.1. The summed E-state index contributed by atoms with van der Waals surface area (Å²) in [5.74, 6) is 0.657. The van der Waals surface area contributed by atoms with Gasteiger partial charge in [-0.05, 0) is 31.2 Å². The van der Waals surface area contributed by atoms with E-state index < -0.39 is 0 Å². The van der Waals surface area contributed by atoms with Crippen LogP contribution in [0.15, 0.2) is 29.6 Å². The van der Waals surface area contributed by atoms with Gasteiger partial charge in [0.1, 0.15) is 23.9 Å². The summed E-state index contributed by atoms with van der Waals surface area (Å²) < 4.78 is 24.6. The molecule has 1 aromatic heterocycles. The molecule has 2 saturated heterocycles. The molecule has 2 aliphatic heterocycles. The Balaban J connectivity index is 0.000000858. The third-order valence-electron chi connectivity index (χ3n) is 5.17. The maximum absolute atomic E-state index is 13.0. The van der Waals surface area contributed by atoms with Crippen LogP contribution in [0, 0.1) is 18.7 Å². The summed E-state index contributed by atoms with van der Waals surface area (Å²) in [5, 5.41) is 9.63. The Bertz CT molecular complexity index is 863. The Morgan fingerprint density at radius 1 is 1.32 bits per heavy atom. The number of amides is 1. The lowest BCUT2D eigenvalue weighted by molar-refractivity contribution is -0.122. The van der Waals surface area contributed by atoms with Gasteiger partial charge in [-0.3, -0.25) is 14.5 Å². The Morgan fingerprint density at radius 2 is 2.06 bits per heavy atom. The fourth-order valence-electron chi connectivity index (χ4n) is 3.80.